The number of furan rings is 1. The number of nitrogens with one attached hydrogen (secondary N) is 1. The van der Waals surface area contributed by atoms with Gasteiger partial charge in [-0.15, -0.1) is 0 Å². The number of rotatable bonds is 6. The minimum atomic E-state index is -0.420. The van der Waals surface area contributed by atoms with Gasteiger partial charge in [-0.25, -0.2) is 5.43 Å². The molecule has 5 nitrogen and oxygen atoms in total. The van der Waals surface area contributed by atoms with Crippen LogP contribution in [0.3, 0.4) is 0 Å². The van der Waals surface area contributed by atoms with Gasteiger partial charge in [0.15, 0.2) is 17.1 Å². The Hall–Kier alpha value is -3.51. The van der Waals surface area contributed by atoms with Gasteiger partial charge in [0.2, 0.25) is 0 Å². The van der Waals surface area contributed by atoms with Crippen LogP contribution in [0.15, 0.2) is 92.1 Å². The minimum Gasteiger partial charge on any atom is -0.493 e. The summed E-state index contributed by atoms with van der Waals surface area (Å²) in [7, 11) is 1.56. The Morgan fingerprint density at radius 2 is 1.73 bits per heavy atom. The van der Waals surface area contributed by atoms with Crippen molar-refractivity contribution in [1.29, 1.82) is 0 Å². The van der Waals surface area contributed by atoms with Gasteiger partial charge in [0, 0.05) is 15.2 Å². The number of nitrogens with zero attached hydrogens (tertiary/aromatic N) is 1. The minimum absolute atomic E-state index is 0.177. The van der Waals surface area contributed by atoms with Crippen LogP contribution >= 0.6 is 11.8 Å². The fourth-order valence-corrected chi connectivity index (χ4v) is 3.71. The SMILES string of the molecule is COc1cccc2cc(C(=O)N/N=C\c3ccc(Sc4ccc(C)cc4)cc3)oc12. The van der Waals surface area contributed by atoms with Gasteiger partial charge >= 0.3 is 5.91 Å². The van der Waals surface area contributed by atoms with E-state index in [4.69, 9.17) is 9.15 Å². The second kappa shape index (κ2) is 8.88. The number of ether oxygens (including phenoxy) is 1. The quantitative estimate of drug-likeness (QED) is 0.325. The maximum Gasteiger partial charge on any atom is 0.307 e. The molecule has 1 N–H and O–H groups in total. The molecule has 0 aliphatic rings. The molecule has 0 aliphatic heterocycles. The molecule has 1 amide bonds. The van der Waals surface area contributed by atoms with Crippen molar-refractivity contribution in [3.05, 3.63) is 89.7 Å². The van der Waals surface area contributed by atoms with Gasteiger partial charge in [-0.3, -0.25) is 4.79 Å². The molecule has 0 atom stereocenters. The fraction of sp³-hybridized carbons (Fsp3) is 0.0833. The summed E-state index contributed by atoms with van der Waals surface area (Å²) in [5, 5.41) is 4.83. The van der Waals surface area contributed by atoms with Crippen LogP contribution in [-0.2, 0) is 0 Å². The molecular weight excluding hydrogens is 396 g/mol. The summed E-state index contributed by atoms with van der Waals surface area (Å²) in [5.74, 6) is 0.339. The summed E-state index contributed by atoms with van der Waals surface area (Å²) in [6.07, 6.45) is 1.60. The second-order valence-corrected chi connectivity index (χ2v) is 7.82. The van der Waals surface area contributed by atoms with Gasteiger partial charge in [0.1, 0.15) is 0 Å². The number of methoxy groups -OCH3 is 1. The van der Waals surface area contributed by atoms with Crippen molar-refractivity contribution < 1.29 is 13.9 Å². The molecular formula is C24H20N2O3S. The molecule has 0 bridgehead atoms. The van der Waals surface area contributed by atoms with Crippen molar-refractivity contribution in [2.24, 2.45) is 5.10 Å². The van der Waals surface area contributed by atoms with Crippen LogP contribution in [0.4, 0.5) is 0 Å². The average Bonchev–Trinajstić information content (AvgIpc) is 3.21. The highest BCUT2D eigenvalue weighted by Gasteiger charge is 2.14. The number of hydrogen-bond acceptors (Lipinski definition) is 5. The third-order valence-corrected chi connectivity index (χ3v) is 5.48. The molecule has 0 spiro atoms. The summed E-state index contributed by atoms with van der Waals surface area (Å²) in [6, 6.07) is 23.5. The maximum absolute atomic E-state index is 12.3. The van der Waals surface area contributed by atoms with Crippen LogP contribution in [0, 0.1) is 6.92 Å². The van der Waals surface area contributed by atoms with Gasteiger partial charge in [-0.05, 0) is 48.9 Å². The molecule has 4 rings (SSSR count). The zero-order valence-electron chi connectivity index (χ0n) is 16.6. The van der Waals surface area contributed by atoms with E-state index < -0.39 is 5.91 Å². The Bertz CT molecular complexity index is 1200. The van der Waals surface area contributed by atoms with Crippen molar-refractivity contribution in [3.63, 3.8) is 0 Å². The van der Waals surface area contributed by atoms with Crippen LogP contribution in [0.2, 0.25) is 0 Å². The summed E-state index contributed by atoms with van der Waals surface area (Å²) < 4.78 is 10.9. The molecule has 3 aromatic carbocycles. The van der Waals surface area contributed by atoms with E-state index in [9.17, 15) is 4.79 Å². The number of carbonyl (C=O) groups excluding carboxylic acids is 1. The van der Waals surface area contributed by atoms with Gasteiger partial charge in [0.05, 0.1) is 13.3 Å². The van der Waals surface area contributed by atoms with E-state index in [-0.39, 0.29) is 5.76 Å². The predicted octanol–water partition coefficient (Wildman–Crippen LogP) is 5.66. The molecule has 150 valence electrons. The molecule has 0 radical (unpaired) electrons. The number of aryl methyl sites for hydroxylation is 1. The first-order chi connectivity index (χ1) is 14.6. The first-order valence-corrected chi connectivity index (χ1v) is 10.2. The molecule has 0 saturated carbocycles. The first kappa shape index (κ1) is 19.8. The molecule has 30 heavy (non-hydrogen) atoms. The lowest BCUT2D eigenvalue weighted by Crippen LogP contribution is -2.16. The van der Waals surface area contributed by atoms with Crippen molar-refractivity contribution in [2.45, 2.75) is 16.7 Å². The lowest BCUT2D eigenvalue weighted by atomic mass is 10.2. The number of hydrogen-bond donors (Lipinski definition) is 1. The molecule has 0 aliphatic carbocycles. The zero-order valence-corrected chi connectivity index (χ0v) is 17.4. The number of fused-ring (bicyclic) bond motifs is 1. The fourth-order valence-electron chi connectivity index (χ4n) is 2.89. The topological polar surface area (TPSA) is 63.8 Å². The average molecular weight is 417 g/mol. The standard InChI is InChI=1S/C24H20N2O3S/c1-16-6-10-19(11-7-16)30-20-12-8-17(9-13-20)15-25-26-24(27)22-14-18-4-3-5-21(28-2)23(18)29-22/h3-15H,1-2H3,(H,26,27)/b25-15-. The van der Waals surface area contributed by atoms with Crippen LogP contribution < -0.4 is 10.2 Å². The number of benzene rings is 3. The van der Waals surface area contributed by atoms with Crippen molar-refractivity contribution in [1.82, 2.24) is 5.43 Å². The smallest absolute Gasteiger partial charge is 0.307 e. The van der Waals surface area contributed by atoms with E-state index in [1.54, 1.807) is 37.2 Å². The molecule has 6 heteroatoms. The van der Waals surface area contributed by atoms with Gasteiger partial charge in [0.25, 0.3) is 0 Å². The van der Waals surface area contributed by atoms with Crippen molar-refractivity contribution in [3.8, 4) is 5.75 Å². The lowest BCUT2D eigenvalue weighted by molar-refractivity contribution is 0.0929. The van der Waals surface area contributed by atoms with E-state index in [1.807, 2.05) is 36.4 Å². The number of para-hydroxylation sites is 1. The van der Waals surface area contributed by atoms with E-state index in [1.165, 1.54) is 10.5 Å². The summed E-state index contributed by atoms with van der Waals surface area (Å²) in [5.41, 5.74) is 5.16. The van der Waals surface area contributed by atoms with Crippen molar-refractivity contribution >= 4 is 34.9 Å². The molecule has 0 fully saturated rings. The Balaban J connectivity index is 1.38. The van der Waals surface area contributed by atoms with Crippen LogP contribution in [-0.4, -0.2) is 19.2 Å². The monoisotopic (exact) mass is 416 g/mol. The molecule has 4 aromatic rings. The van der Waals surface area contributed by atoms with E-state index >= 15 is 0 Å². The zero-order chi connectivity index (χ0) is 20.9. The predicted molar refractivity (Wildman–Crippen MR) is 120 cm³/mol. The molecule has 1 heterocycles. The largest absolute Gasteiger partial charge is 0.493 e. The third-order valence-electron chi connectivity index (χ3n) is 4.47. The summed E-state index contributed by atoms with van der Waals surface area (Å²) in [4.78, 5) is 14.6. The highest BCUT2D eigenvalue weighted by atomic mass is 32.2. The van der Waals surface area contributed by atoms with E-state index in [2.05, 4.69) is 41.7 Å². The summed E-state index contributed by atoms with van der Waals surface area (Å²) in [6.45, 7) is 2.08. The van der Waals surface area contributed by atoms with Crippen LogP contribution in [0.25, 0.3) is 11.0 Å². The van der Waals surface area contributed by atoms with Crippen molar-refractivity contribution in [2.75, 3.05) is 7.11 Å². The lowest BCUT2D eigenvalue weighted by Gasteiger charge is -2.03. The first-order valence-electron chi connectivity index (χ1n) is 9.37. The Kier molecular flexibility index (Phi) is 5.86. The van der Waals surface area contributed by atoms with Gasteiger partial charge in [-0.1, -0.05) is 53.7 Å². The third kappa shape index (κ3) is 4.55. The second-order valence-electron chi connectivity index (χ2n) is 6.67. The Morgan fingerprint density at radius 3 is 2.43 bits per heavy atom. The van der Waals surface area contributed by atoms with E-state index in [0.29, 0.717) is 11.3 Å². The van der Waals surface area contributed by atoms with Crippen LogP contribution in [0.1, 0.15) is 21.7 Å². The summed E-state index contributed by atoms with van der Waals surface area (Å²) >= 11 is 1.70. The van der Waals surface area contributed by atoms with Crippen LogP contribution in [0.5, 0.6) is 5.75 Å². The molecule has 0 saturated heterocycles. The molecule has 0 unspecified atom stereocenters. The number of hydrazone groups is 1. The molecule has 1 aromatic heterocycles. The Labute approximate surface area is 178 Å². The number of amides is 1. The highest BCUT2D eigenvalue weighted by molar-refractivity contribution is 7.99. The maximum atomic E-state index is 12.3. The highest BCUT2D eigenvalue weighted by Crippen LogP contribution is 2.29. The Morgan fingerprint density at radius 1 is 1.03 bits per heavy atom. The number of carbonyl (C=O) groups is 1. The van der Waals surface area contributed by atoms with Gasteiger partial charge < -0.3 is 9.15 Å². The van der Waals surface area contributed by atoms with E-state index in [0.717, 1.165) is 15.8 Å². The van der Waals surface area contributed by atoms with Gasteiger partial charge in [-0.2, -0.15) is 5.10 Å². The normalized spacial score (nSPS) is 11.1.